The number of hydrogen-bond acceptors (Lipinski definition) is 12. The van der Waals surface area contributed by atoms with Crippen molar-refractivity contribution in [2.24, 2.45) is 17.8 Å². The molecular weight excluding hydrogens is 1140 g/mol. The maximum Gasteiger partial charge on any atom is 0.333 e. The fourth-order valence-electron chi connectivity index (χ4n) is 11.8. The van der Waals surface area contributed by atoms with Crippen LogP contribution in [0.4, 0.5) is 0 Å². The maximum atomic E-state index is 15.1. The molecule has 0 amide bonds. The van der Waals surface area contributed by atoms with Crippen molar-refractivity contribution in [3.63, 3.8) is 0 Å². The molecule has 90 heavy (non-hydrogen) atoms. The zero-order valence-electron chi connectivity index (χ0n) is 55.3. The van der Waals surface area contributed by atoms with Crippen LogP contribution >= 0.6 is 0 Å². The maximum absolute atomic E-state index is 15.1. The lowest BCUT2D eigenvalue weighted by Gasteiger charge is -2.39. The molecule has 0 saturated carbocycles. The minimum Gasteiger partial charge on any atom is -0.497 e. The zero-order chi connectivity index (χ0) is 64.7. The Balaban J connectivity index is 1.40. The van der Waals surface area contributed by atoms with Crippen molar-refractivity contribution in [2.75, 3.05) is 34.5 Å². The van der Waals surface area contributed by atoms with E-state index in [1.165, 1.54) is 51.9 Å². The van der Waals surface area contributed by atoms with Crippen molar-refractivity contribution in [2.45, 2.75) is 164 Å². The summed E-state index contributed by atoms with van der Waals surface area (Å²) in [5.41, 5.74) is 4.80. The molecule has 0 aliphatic heterocycles. The van der Waals surface area contributed by atoms with Crippen molar-refractivity contribution in [1.82, 2.24) is 0 Å². The number of unbranched alkanes of at least 4 members (excludes halogenated alkanes) is 7. The van der Waals surface area contributed by atoms with E-state index >= 15 is 4.79 Å². The fraction of sp³-hybridized carbons (Fsp3) is 0.429. The number of aliphatic hydroxyl groups is 1. The molecule has 484 valence electrons. The van der Waals surface area contributed by atoms with Crippen molar-refractivity contribution < 1.29 is 57.0 Å². The van der Waals surface area contributed by atoms with Gasteiger partial charge in [-0.2, -0.15) is 0 Å². The van der Waals surface area contributed by atoms with Crippen molar-refractivity contribution in [3.8, 4) is 17.2 Å². The Hall–Kier alpha value is -7.10. The van der Waals surface area contributed by atoms with Crippen LogP contribution in [0, 0.1) is 17.8 Å². The molecule has 0 spiro atoms. The Labute approximate surface area is 538 Å². The normalized spacial score (nSPS) is 15.0. The van der Waals surface area contributed by atoms with Crippen LogP contribution in [0.3, 0.4) is 0 Å². The second kappa shape index (κ2) is 38.6. The van der Waals surface area contributed by atoms with Crippen molar-refractivity contribution in [1.29, 1.82) is 0 Å². The van der Waals surface area contributed by atoms with Gasteiger partial charge in [0.25, 0.3) is 8.32 Å². The zero-order valence-corrected chi connectivity index (χ0v) is 56.3. The van der Waals surface area contributed by atoms with Crippen LogP contribution in [-0.4, -0.2) is 90.4 Å². The van der Waals surface area contributed by atoms with E-state index in [-0.39, 0.29) is 50.3 Å². The molecule has 0 bridgehead atoms. The van der Waals surface area contributed by atoms with E-state index in [4.69, 9.17) is 42.3 Å². The number of rotatable bonds is 40. The third-order valence-electron chi connectivity index (χ3n) is 16.6. The predicted octanol–water partition coefficient (Wildman–Crippen LogP) is 14.6. The molecule has 1 N–H and O–H groups in total. The Morgan fingerprint density at radius 1 is 0.511 bits per heavy atom. The monoisotopic (exact) mass is 1240 g/mol. The molecule has 13 heteroatoms. The van der Waals surface area contributed by atoms with Crippen LogP contribution in [0.15, 0.2) is 199 Å². The number of allylic oxidation sites excluding steroid dienone is 2. The first-order valence-electron chi connectivity index (χ1n) is 32.2. The molecule has 6 rings (SSSR count). The second-order valence-corrected chi connectivity index (χ2v) is 27.1. The number of aliphatic hydroxyl groups excluding tert-OH is 1. The molecule has 8 atom stereocenters. The van der Waals surface area contributed by atoms with E-state index in [0.717, 1.165) is 56.2 Å². The first kappa shape index (κ1) is 72.0. The second-order valence-electron chi connectivity index (χ2n) is 23.8. The first-order chi connectivity index (χ1) is 43.6. The minimum absolute atomic E-state index is 0.0856. The van der Waals surface area contributed by atoms with E-state index in [1.54, 1.807) is 28.3 Å². The van der Waals surface area contributed by atoms with Gasteiger partial charge in [-0.05, 0) is 107 Å². The largest absolute Gasteiger partial charge is 0.497 e. The number of benzene rings is 6. The van der Waals surface area contributed by atoms with Gasteiger partial charge in [0.2, 0.25) is 0 Å². The van der Waals surface area contributed by atoms with Gasteiger partial charge in [0.1, 0.15) is 35.6 Å². The molecule has 0 radical (unpaired) electrons. The summed E-state index contributed by atoms with van der Waals surface area (Å²) in [6, 6.07) is 53.9. The van der Waals surface area contributed by atoms with Crippen molar-refractivity contribution in [3.05, 3.63) is 215 Å². The van der Waals surface area contributed by atoms with Gasteiger partial charge in [-0.3, -0.25) is 4.79 Å². The van der Waals surface area contributed by atoms with E-state index in [9.17, 15) is 9.90 Å². The molecule has 0 aromatic heterocycles. The number of hydrogen-bond donors (Lipinski definition) is 1. The van der Waals surface area contributed by atoms with Gasteiger partial charge < -0.3 is 47.4 Å². The summed E-state index contributed by atoms with van der Waals surface area (Å²) in [4.78, 5) is 27.9. The van der Waals surface area contributed by atoms with Gasteiger partial charge in [-0.15, -0.1) is 0 Å². The van der Waals surface area contributed by atoms with Gasteiger partial charge in [-0.1, -0.05) is 230 Å². The van der Waals surface area contributed by atoms with Gasteiger partial charge >= 0.3 is 11.9 Å². The van der Waals surface area contributed by atoms with Crippen LogP contribution in [0.25, 0.3) is 0 Å². The van der Waals surface area contributed by atoms with Crippen LogP contribution in [0.2, 0.25) is 0 Å². The van der Waals surface area contributed by atoms with Gasteiger partial charge in [0, 0.05) is 24.3 Å². The Morgan fingerprint density at radius 2 is 0.967 bits per heavy atom. The van der Waals surface area contributed by atoms with Gasteiger partial charge in [-0.25, -0.2) is 4.79 Å². The standard InChI is InChI=1S/C77H100O12Si/c1-12-13-14-15-16-17-18-22-29-57(3)74(87-62(8)79)58(4)48-56(2)49-59(5)75(89-90(69-30-23-19-24-31-69,70-32-25-20-26-33-70)71-34-27-21-28-35-71)60(6)50-61(7)77(80)88-73(55-84-52-63-36-42-66(81-9)43-37-63)76(86-54-65-40-46-68(83-11)47-41-65)72(51-78)85-53-64-38-44-67(82-10)45-39-64/h19-21,23-28,30-50,57-58,60,72-76,78H,12-18,22,29,51-55H2,1-11H3/b56-48+,59-49+,61-50+/t57-,58-,60+,72+,73+,74+,75-,76-/m0/s1. The Kier molecular flexibility index (Phi) is 30.8. The lowest BCUT2D eigenvalue weighted by Crippen LogP contribution is -2.70. The topological polar surface area (TPSA) is 137 Å². The smallest absolute Gasteiger partial charge is 0.333 e. The molecule has 6 aromatic rings. The highest BCUT2D eigenvalue weighted by molar-refractivity contribution is 7.07. The number of esters is 2. The lowest BCUT2D eigenvalue weighted by atomic mass is 9.87. The van der Waals surface area contributed by atoms with E-state index in [2.05, 4.69) is 126 Å². The van der Waals surface area contributed by atoms with Crippen LogP contribution in [0.5, 0.6) is 17.2 Å². The molecule has 0 aliphatic rings. The third-order valence-corrected chi connectivity index (χ3v) is 20.6. The molecule has 0 heterocycles. The average molecular weight is 1250 g/mol. The fourth-order valence-corrected chi connectivity index (χ4v) is 15.9. The summed E-state index contributed by atoms with van der Waals surface area (Å²) in [6.45, 7) is 15.9. The summed E-state index contributed by atoms with van der Waals surface area (Å²) in [7, 11) is 1.45. The molecule has 6 aromatic carbocycles. The molecule has 0 aliphatic carbocycles. The summed E-state index contributed by atoms with van der Waals surface area (Å²) < 4.78 is 56.7. The SMILES string of the molecule is CCCCCCCCCC[C@H](C)[C@@H](OC(C)=O)[C@@H](C)/C=C(C)/C=C(\C)[C@H](O[Si](c1ccccc1)(c1ccccc1)c1ccccc1)[C@H](C)/C=C(\C)C(=O)O[C@H](COCc1ccc(OC)cc1)[C@@H](OCc1ccc(OC)cc1)[C@@H](CO)OCc1ccc(OC)cc1. The predicted molar refractivity (Wildman–Crippen MR) is 363 cm³/mol. The minimum atomic E-state index is -3.39. The molecule has 0 fully saturated rings. The van der Waals surface area contributed by atoms with Crippen LogP contribution < -0.4 is 29.8 Å². The highest BCUT2D eigenvalue weighted by atomic mass is 28.4. The van der Waals surface area contributed by atoms with E-state index in [0.29, 0.717) is 22.8 Å². The summed E-state index contributed by atoms with van der Waals surface area (Å²) in [5.74, 6) is 0.856. The summed E-state index contributed by atoms with van der Waals surface area (Å²) in [6.07, 6.45) is 13.2. The number of methoxy groups -OCH3 is 3. The molecule has 12 nitrogen and oxygen atoms in total. The Bertz CT molecular complexity index is 3000. The van der Waals surface area contributed by atoms with Crippen molar-refractivity contribution >= 4 is 35.8 Å². The average Bonchev–Trinajstić information content (AvgIpc) is 0.768. The number of carbonyl (C=O) groups excluding carboxylic acids is 2. The quantitative estimate of drug-likeness (QED) is 0.00979. The third kappa shape index (κ3) is 22.4. The Morgan fingerprint density at radius 3 is 1.42 bits per heavy atom. The van der Waals surface area contributed by atoms with E-state index < -0.39 is 51.2 Å². The lowest BCUT2D eigenvalue weighted by molar-refractivity contribution is -0.182. The highest BCUT2D eigenvalue weighted by Crippen LogP contribution is 2.30. The highest BCUT2D eigenvalue weighted by Gasteiger charge is 2.45. The summed E-state index contributed by atoms with van der Waals surface area (Å²) in [5, 5.41) is 14.4. The van der Waals surface area contributed by atoms with Gasteiger partial charge in [0.05, 0.1) is 60.5 Å². The molecule has 0 unspecified atom stereocenters. The molecular formula is C77H100O12Si. The summed E-state index contributed by atoms with van der Waals surface area (Å²) >= 11 is 0. The van der Waals surface area contributed by atoms with Crippen LogP contribution in [0.1, 0.15) is 130 Å². The molecule has 0 saturated heterocycles. The number of ether oxygens (including phenoxy) is 8. The first-order valence-corrected chi connectivity index (χ1v) is 34.1. The van der Waals surface area contributed by atoms with Gasteiger partial charge in [0.15, 0.2) is 6.10 Å². The van der Waals surface area contributed by atoms with Crippen LogP contribution in [-0.2, 0) is 57.5 Å². The number of carbonyl (C=O) groups is 2. The van der Waals surface area contributed by atoms with E-state index in [1.807, 2.05) is 97.1 Å².